The van der Waals surface area contributed by atoms with Crippen LogP contribution < -0.4 is 5.32 Å². The van der Waals surface area contributed by atoms with Crippen LogP contribution in [0.3, 0.4) is 0 Å². The molecule has 1 aliphatic carbocycles. The van der Waals surface area contributed by atoms with Gasteiger partial charge in [-0.25, -0.2) is 9.37 Å². The Hall–Kier alpha value is -0.640. The molecule has 2 atom stereocenters. The Morgan fingerprint density at radius 2 is 2.36 bits per heavy atom. The summed E-state index contributed by atoms with van der Waals surface area (Å²) in [6, 6.07) is 3.66. The van der Waals surface area contributed by atoms with Crippen LogP contribution in [-0.2, 0) is 0 Å². The summed E-state index contributed by atoms with van der Waals surface area (Å²) in [6.07, 6.45) is 3.51. The maximum atomic E-state index is 13.3. The summed E-state index contributed by atoms with van der Waals surface area (Å²) in [5.41, 5.74) is 0. The van der Waals surface area contributed by atoms with Gasteiger partial charge in [0.15, 0.2) is 0 Å². The zero-order chi connectivity index (χ0) is 9.97. The highest BCUT2D eigenvalue weighted by Crippen LogP contribution is 2.25. The molecule has 0 spiro atoms. The molecule has 0 bridgehead atoms. The van der Waals surface area contributed by atoms with E-state index in [-0.39, 0.29) is 6.04 Å². The maximum Gasteiger partial charge on any atom is 0.127 e. The highest BCUT2D eigenvalue weighted by atomic mass is 79.9. The van der Waals surface area contributed by atoms with Crippen molar-refractivity contribution in [3.05, 3.63) is 22.8 Å². The Kier molecular flexibility index (Phi) is 3.01. The molecule has 1 aromatic rings. The number of anilines is 1. The van der Waals surface area contributed by atoms with Crippen LogP contribution in [0.4, 0.5) is 10.2 Å². The van der Waals surface area contributed by atoms with Gasteiger partial charge in [-0.1, -0.05) is 15.9 Å². The number of halogens is 2. The van der Waals surface area contributed by atoms with Crippen molar-refractivity contribution in [2.24, 2.45) is 0 Å². The lowest BCUT2D eigenvalue weighted by Crippen LogP contribution is -2.25. The molecule has 1 aliphatic rings. The van der Waals surface area contributed by atoms with E-state index in [1.807, 2.05) is 12.1 Å². The number of hydrogen-bond donors (Lipinski definition) is 1. The fourth-order valence-electron chi connectivity index (χ4n) is 1.75. The standard InChI is InChI=1S/C10H12BrFN2/c11-7-4-5-13-10(6-7)14-9-3-1-2-8(9)12/h4-6,8-9H,1-3H2,(H,13,14)/t8-,9+/m0/s1. The number of aromatic nitrogens is 1. The quantitative estimate of drug-likeness (QED) is 0.882. The Bertz CT molecular complexity index is 319. The first-order chi connectivity index (χ1) is 6.75. The average Bonchev–Trinajstić information content (AvgIpc) is 2.52. The van der Waals surface area contributed by atoms with Crippen LogP contribution in [0.2, 0.25) is 0 Å². The second-order valence-corrected chi connectivity index (χ2v) is 4.47. The van der Waals surface area contributed by atoms with Crippen LogP contribution in [0.1, 0.15) is 19.3 Å². The molecule has 1 aromatic heterocycles. The third kappa shape index (κ3) is 2.23. The molecular weight excluding hydrogens is 247 g/mol. The van der Waals surface area contributed by atoms with Crippen molar-refractivity contribution >= 4 is 21.7 Å². The van der Waals surface area contributed by atoms with Gasteiger partial charge in [-0.3, -0.25) is 0 Å². The lowest BCUT2D eigenvalue weighted by molar-refractivity contribution is 0.323. The van der Waals surface area contributed by atoms with E-state index in [0.717, 1.165) is 23.1 Å². The molecule has 2 rings (SSSR count). The molecule has 1 fully saturated rings. The Morgan fingerprint density at radius 1 is 1.50 bits per heavy atom. The van der Waals surface area contributed by atoms with Crippen LogP contribution in [0, 0.1) is 0 Å². The first kappa shape index (κ1) is 9.90. The molecule has 1 saturated carbocycles. The highest BCUT2D eigenvalue weighted by Gasteiger charge is 2.26. The summed E-state index contributed by atoms with van der Waals surface area (Å²) < 4.78 is 14.2. The molecule has 1 heterocycles. The van der Waals surface area contributed by atoms with Crippen LogP contribution >= 0.6 is 15.9 Å². The Balaban J connectivity index is 2.03. The number of nitrogens with one attached hydrogen (secondary N) is 1. The molecule has 14 heavy (non-hydrogen) atoms. The smallest absolute Gasteiger partial charge is 0.127 e. The average molecular weight is 259 g/mol. The summed E-state index contributed by atoms with van der Waals surface area (Å²) in [5.74, 6) is 0.744. The van der Waals surface area contributed by atoms with Crippen molar-refractivity contribution in [2.75, 3.05) is 5.32 Å². The van der Waals surface area contributed by atoms with Gasteiger partial charge in [0.05, 0.1) is 6.04 Å². The summed E-state index contributed by atoms with van der Waals surface area (Å²) in [4.78, 5) is 4.13. The van der Waals surface area contributed by atoms with E-state index < -0.39 is 6.17 Å². The lowest BCUT2D eigenvalue weighted by atomic mass is 10.2. The fourth-order valence-corrected chi connectivity index (χ4v) is 2.09. The Labute approximate surface area is 91.1 Å². The minimum absolute atomic E-state index is 0.0585. The SMILES string of the molecule is F[C@H]1CCC[C@H]1Nc1cc(Br)ccn1. The Morgan fingerprint density at radius 3 is 3.00 bits per heavy atom. The van der Waals surface area contributed by atoms with E-state index in [1.165, 1.54) is 0 Å². The summed E-state index contributed by atoms with van der Waals surface area (Å²) >= 11 is 3.35. The van der Waals surface area contributed by atoms with Crippen molar-refractivity contribution in [2.45, 2.75) is 31.5 Å². The molecule has 0 aromatic carbocycles. The highest BCUT2D eigenvalue weighted by molar-refractivity contribution is 9.10. The normalized spacial score (nSPS) is 26.4. The number of nitrogens with zero attached hydrogens (tertiary/aromatic N) is 1. The fraction of sp³-hybridized carbons (Fsp3) is 0.500. The van der Waals surface area contributed by atoms with Crippen LogP contribution in [0.25, 0.3) is 0 Å². The number of alkyl halides is 1. The van der Waals surface area contributed by atoms with Crippen LogP contribution in [0.15, 0.2) is 22.8 Å². The number of rotatable bonds is 2. The molecule has 0 unspecified atom stereocenters. The van der Waals surface area contributed by atoms with Crippen molar-refractivity contribution in [1.82, 2.24) is 4.98 Å². The zero-order valence-electron chi connectivity index (χ0n) is 7.71. The third-order valence-corrected chi connectivity index (χ3v) is 2.98. The second kappa shape index (κ2) is 4.26. The molecule has 76 valence electrons. The van der Waals surface area contributed by atoms with Gasteiger partial charge in [0, 0.05) is 10.7 Å². The van der Waals surface area contributed by atoms with E-state index >= 15 is 0 Å². The molecule has 0 radical (unpaired) electrons. The predicted molar refractivity (Wildman–Crippen MR) is 58.1 cm³/mol. The van der Waals surface area contributed by atoms with Crippen molar-refractivity contribution in [1.29, 1.82) is 0 Å². The minimum Gasteiger partial charge on any atom is -0.364 e. The molecule has 4 heteroatoms. The van der Waals surface area contributed by atoms with Gasteiger partial charge < -0.3 is 5.32 Å². The third-order valence-electron chi connectivity index (χ3n) is 2.49. The molecule has 0 amide bonds. The van der Waals surface area contributed by atoms with E-state index in [0.29, 0.717) is 6.42 Å². The van der Waals surface area contributed by atoms with Gasteiger partial charge >= 0.3 is 0 Å². The van der Waals surface area contributed by atoms with Gasteiger partial charge in [-0.2, -0.15) is 0 Å². The van der Waals surface area contributed by atoms with E-state index in [9.17, 15) is 4.39 Å². The molecule has 2 nitrogen and oxygen atoms in total. The monoisotopic (exact) mass is 258 g/mol. The maximum absolute atomic E-state index is 13.3. The topological polar surface area (TPSA) is 24.9 Å². The minimum atomic E-state index is -0.726. The van der Waals surface area contributed by atoms with E-state index in [4.69, 9.17) is 0 Å². The van der Waals surface area contributed by atoms with Crippen LogP contribution in [-0.4, -0.2) is 17.2 Å². The first-order valence-electron chi connectivity index (χ1n) is 4.78. The van der Waals surface area contributed by atoms with Crippen LogP contribution in [0.5, 0.6) is 0 Å². The van der Waals surface area contributed by atoms with Gasteiger partial charge in [0.2, 0.25) is 0 Å². The first-order valence-corrected chi connectivity index (χ1v) is 5.57. The van der Waals surface area contributed by atoms with Gasteiger partial charge in [0.25, 0.3) is 0 Å². The van der Waals surface area contributed by atoms with Crippen molar-refractivity contribution in [3.63, 3.8) is 0 Å². The zero-order valence-corrected chi connectivity index (χ0v) is 9.30. The van der Waals surface area contributed by atoms with Gasteiger partial charge in [-0.15, -0.1) is 0 Å². The summed E-state index contributed by atoms with van der Waals surface area (Å²) in [5, 5.41) is 3.12. The summed E-state index contributed by atoms with van der Waals surface area (Å²) in [6.45, 7) is 0. The van der Waals surface area contributed by atoms with Gasteiger partial charge in [0.1, 0.15) is 12.0 Å². The van der Waals surface area contributed by atoms with Crippen molar-refractivity contribution in [3.8, 4) is 0 Å². The number of hydrogen-bond acceptors (Lipinski definition) is 2. The van der Waals surface area contributed by atoms with Crippen molar-refractivity contribution < 1.29 is 4.39 Å². The molecular formula is C10H12BrFN2. The second-order valence-electron chi connectivity index (χ2n) is 3.56. The van der Waals surface area contributed by atoms with Gasteiger partial charge in [-0.05, 0) is 31.4 Å². The van der Waals surface area contributed by atoms with E-state index in [1.54, 1.807) is 6.20 Å². The lowest BCUT2D eigenvalue weighted by Gasteiger charge is -2.15. The molecule has 0 saturated heterocycles. The summed E-state index contributed by atoms with van der Waals surface area (Å²) in [7, 11) is 0. The molecule has 0 aliphatic heterocycles. The number of pyridine rings is 1. The largest absolute Gasteiger partial charge is 0.364 e. The molecule has 1 N–H and O–H groups in total. The predicted octanol–water partition coefficient (Wildman–Crippen LogP) is 3.15. The van der Waals surface area contributed by atoms with E-state index in [2.05, 4.69) is 26.2 Å².